The van der Waals surface area contributed by atoms with Crippen LogP contribution in [-0.4, -0.2) is 6.29 Å². The van der Waals surface area contributed by atoms with Crippen molar-refractivity contribution in [2.45, 2.75) is 26.2 Å². The van der Waals surface area contributed by atoms with Gasteiger partial charge in [-0.2, -0.15) is 0 Å². The molecule has 1 rings (SSSR count). The minimum Gasteiger partial charge on any atom is -0.298 e. The van der Waals surface area contributed by atoms with Crippen molar-refractivity contribution in [2.24, 2.45) is 5.92 Å². The molecular weight excluding hydrogens is 184 g/mol. The van der Waals surface area contributed by atoms with Crippen LogP contribution >= 0.6 is 0 Å². The van der Waals surface area contributed by atoms with Crippen molar-refractivity contribution in [3.8, 4) is 0 Å². The largest absolute Gasteiger partial charge is 0.298 e. The van der Waals surface area contributed by atoms with E-state index >= 15 is 0 Å². The molecule has 0 heterocycles. The van der Waals surface area contributed by atoms with E-state index in [1.807, 2.05) is 12.2 Å². The van der Waals surface area contributed by atoms with Crippen molar-refractivity contribution in [1.82, 2.24) is 0 Å². The maximum absolute atomic E-state index is 10.5. The lowest BCUT2D eigenvalue weighted by molar-refractivity contribution is -0.104. The Morgan fingerprint density at radius 2 is 2.20 bits per heavy atom. The lowest BCUT2D eigenvalue weighted by Crippen LogP contribution is -1.98. The van der Waals surface area contributed by atoms with Crippen molar-refractivity contribution in [3.05, 3.63) is 48.1 Å². The molecule has 1 heteroatoms. The van der Waals surface area contributed by atoms with Crippen molar-refractivity contribution in [2.75, 3.05) is 0 Å². The fourth-order valence-electron chi connectivity index (χ4n) is 1.49. The first-order valence-corrected chi connectivity index (χ1v) is 5.52. The summed E-state index contributed by atoms with van der Waals surface area (Å²) >= 11 is 0. The van der Waals surface area contributed by atoms with E-state index in [9.17, 15) is 4.79 Å². The molecule has 1 nitrogen and oxygen atoms in total. The molecule has 1 atom stereocenters. The van der Waals surface area contributed by atoms with Gasteiger partial charge in [-0.25, -0.2) is 0 Å². The van der Waals surface area contributed by atoms with Gasteiger partial charge in [-0.15, -0.1) is 0 Å². The molecule has 1 aliphatic rings. The van der Waals surface area contributed by atoms with Crippen LogP contribution in [-0.2, 0) is 4.79 Å². The summed E-state index contributed by atoms with van der Waals surface area (Å²) < 4.78 is 0. The third-order valence-electron chi connectivity index (χ3n) is 2.41. The fourth-order valence-corrected chi connectivity index (χ4v) is 1.49. The van der Waals surface area contributed by atoms with E-state index in [4.69, 9.17) is 0 Å². The van der Waals surface area contributed by atoms with Gasteiger partial charge in [-0.1, -0.05) is 49.5 Å². The summed E-state index contributed by atoms with van der Waals surface area (Å²) in [6, 6.07) is 0. The smallest absolute Gasteiger partial charge is 0.149 e. The Kier molecular flexibility index (Phi) is 5.46. The first kappa shape index (κ1) is 11.7. The molecular formula is C14H18O. The highest BCUT2D eigenvalue weighted by Crippen LogP contribution is 2.18. The summed E-state index contributed by atoms with van der Waals surface area (Å²) in [7, 11) is 0. The highest BCUT2D eigenvalue weighted by Gasteiger charge is 2.05. The van der Waals surface area contributed by atoms with Gasteiger partial charge >= 0.3 is 0 Å². The first-order valence-electron chi connectivity index (χ1n) is 5.52. The summed E-state index contributed by atoms with van der Waals surface area (Å²) in [5, 5.41) is 0. The van der Waals surface area contributed by atoms with Crippen molar-refractivity contribution in [1.29, 1.82) is 0 Å². The Balaban J connectivity index is 2.28. The monoisotopic (exact) mass is 202 g/mol. The summed E-state index contributed by atoms with van der Waals surface area (Å²) in [4.78, 5) is 10.5. The first-order chi connectivity index (χ1) is 7.36. The van der Waals surface area contributed by atoms with Gasteiger partial charge in [0.25, 0.3) is 0 Å². The van der Waals surface area contributed by atoms with Gasteiger partial charge in [0.15, 0.2) is 0 Å². The minimum absolute atomic E-state index is 0.556. The molecule has 0 bridgehead atoms. The zero-order valence-electron chi connectivity index (χ0n) is 9.23. The number of allylic oxidation sites excluding steroid dienone is 8. The van der Waals surface area contributed by atoms with Gasteiger partial charge < -0.3 is 0 Å². The van der Waals surface area contributed by atoms with E-state index < -0.39 is 0 Å². The highest BCUT2D eigenvalue weighted by atomic mass is 16.1. The molecule has 0 aromatic rings. The molecule has 15 heavy (non-hydrogen) atoms. The quantitative estimate of drug-likeness (QED) is 0.491. The topological polar surface area (TPSA) is 17.1 Å². The van der Waals surface area contributed by atoms with Crippen LogP contribution in [0.4, 0.5) is 0 Å². The number of carbonyl (C=O) groups is 1. The normalized spacial score (nSPS) is 21.1. The van der Waals surface area contributed by atoms with E-state index in [1.54, 1.807) is 0 Å². The second-order valence-electron chi connectivity index (χ2n) is 3.68. The van der Waals surface area contributed by atoms with E-state index in [0.29, 0.717) is 5.92 Å². The van der Waals surface area contributed by atoms with Crippen LogP contribution in [0.5, 0.6) is 0 Å². The maximum atomic E-state index is 10.5. The minimum atomic E-state index is 0.556. The lowest BCUT2D eigenvalue weighted by Gasteiger charge is -2.11. The standard InChI is InChI=1S/C14H18O/c1-2-3-4-5-6-7-13-8-10-14(12-15)11-9-13/h3-6,8,10-13H,2,7,9H2,1H3/b4-3-,6-5-. The molecule has 0 aromatic heterocycles. The second-order valence-corrected chi connectivity index (χ2v) is 3.68. The number of carbonyl (C=O) groups excluding carboxylic acids is 1. The van der Waals surface area contributed by atoms with Gasteiger partial charge in [-0.3, -0.25) is 4.79 Å². The molecule has 0 aromatic carbocycles. The predicted molar refractivity (Wildman–Crippen MR) is 64.6 cm³/mol. The molecule has 0 saturated heterocycles. The van der Waals surface area contributed by atoms with Crippen LogP contribution < -0.4 is 0 Å². The average molecular weight is 202 g/mol. The van der Waals surface area contributed by atoms with Gasteiger partial charge in [0.1, 0.15) is 6.29 Å². The zero-order chi connectivity index (χ0) is 10.9. The number of hydrogen-bond acceptors (Lipinski definition) is 1. The van der Waals surface area contributed by atoms with E-state index in [-0.39, 0.29) is 0 Å². The zero-order valence-corrected chi connectivity index (χ0v) is 9.23. The van der Waals surface area contributed by atoms with Crippen molar-refractivity contribution in [3.63, 3.8) is 0 Å². The summed E-state index contributed by atoms with van der Waals surface area (Å²) in [5.74, 6) is 0.556. The lowest BCUT2D eigenvalue weighted by atomic mass is 9.94. The van der Waals surface area contributed by atoms with E-state index in [0.717, 1.165) is 31.1 Å². The van der Waals surface area contributed by atoms with Gasteiger partial charge in [-0.05, 0) is 25.2 Å². The van der Waals surface area contributed by atoms with E-state index in [1.165, 1.54) is 0 Å². The van der Waals surface area contributed by atoms with Crippen LogP contribution in [0.3, 0.4) is 0 Å². The Morgan fingerprint density at radius 1 is 1.40 bits per heavy atom. The van der Waals surface area contributed by atoms with Crippen LogP contribution in [0, 0.1) is 5.92 Å². The van der Waals surface area contributed by atoms with Crippen LogP contribution in [0.15, 0.2) is 48.1 Å². The molecule has 0 N–H and O–H groups in total. The molecule has 0 aliphatic heterocycles. The van der Waals surface area contributed by atoms with Gasteiger partial charge in [0, 0.05) is 5.57 Å². The molecule has 0 saturated carbocycles. The van der Waals surface area contributed by atoms with E-state index in [2.05, 4.69) is 37.3 Å². The average Bonchev–Trinajstić information content (AvgIpc) is 2.30. The number of hydrogen-bond donors (Lipinski definition) is 0. The molecule has 1 unspecified atom stereocenters. The third-order valence-corrected chi connectivity index (χ3v) is 2.41. The SMILES string of the molecule is CC/C=C\C=C/CC1C=CC(C=O)=CC1. The van der Waals surface area contributed by atoms with Crippen LogP contribution in [0.2, 0.25) is 0 Å². The molecule has 0 fully saturated rings. The molecule has 80 valence electrons. The predicted octanol–water partition coefficient (Wildman–Crippen LogP) is 3.60. The summed E-state index contributed by atoms with van der Waals surface area (Å²) in [6.07, 6.45) is 18.6. The highest BCUT2D eigenvalue weighted by molar-refractivity contribution is 5.77. The van der Waals surface area contributed by atoms with Crippen molar-refractivity contribution >= 4 is 6.29 Å². The number of rotatable bonds is 5. The van der Waals surface area contributed by atoms with Crippen LogP contribution in [0.25, 0.3) is 0 Å². The van der Waals surface area contributed by atoms with Gasteiger partial charge in [0.05, 0.1) is 0 Å². The summed E-state index contributed by atoms with van der Waals surface area (Å²) in [6.45, 7) is 2.12. The Morgan fingerprint density at radius 3 is 2.80 bits per heavy atom. The maximum Gasteiger partial charge on any atom is 0.149 e. The fraction of sp³-hybridized carbons (Fsp3) is 0.357. The Bertz CT molecular complexity index is 305. The Labute approximate surface area is 91.9 Å². The molecule has 1 aliphatic carbocycles. The molecule has 0 radical (unpaired) electrons. The van der Waals surface area contributed by atoms with Gasteiger partial charge in [0.2, 0.25) is 0 Å². The second kappa shape index (κ2) is 6.99. The third kappa shape index (κ3) is 4.59. The van der Waals surface area contributed by atoms with Crippen molar-refractivity contribution < 1.29 is 4.79 Å². The Hall–Kier alpha value is -1.37. The molecule has 0 amide bonds. The number of aldehydes is 1. The van der Waals surface area contributed by atoms with Crippen LogP contribution in [0.1, 0.15) is 26.2 Å². The summed E-state index contributed by atoms with van der Waals surface area (Å²) in [5.41, 5.74) is 0.807. The molecule has 0 spiro atoms.